The minimum absolute atomic E-state index is 0.147. The van der Waals surface area contributed by atoms with E-state index < -0.39 is 15.2 Å². The molecule has 7 nitrogen and oxygen atoms in total. The van der Waals surface area contributed by atoms with Crippen LogP contribution in [0.1, 0.15) is 5.56 Å². The van der Waals surface area contributed by atoms with Crippen molar-refractivity contribution in [3.8, 4) is 0 Å². The maximum absolute atomic E-state index is 11.9. The topological polar surface area (TPSA) is 109 Å². The van der Waals surface area contributed by atoms with E-state index in [-0.39, 0.29) is 10.9 Å². The summed E-state index contributed by atoms with van der Waals surface area (Å²) in [5.41, 5.74) is 5.88. The molecule has 10 heteroatoms. The maximum Gasteiger partial charge on any atom is 0.171 e. The summed E-state index contributed by atoms with van der Waals surface area (Å²) < 4.78 is 23.9. The molecule has 1 aliphatic heterocycles. The average Bonchev–Trinajstić information content (AvgIpc) is 2.46. The highest BCUT2D eigenvalue weighted by molar-refractivity contribution is 8.01. The molecule has 3 N–H and O–H groups in total. The lowest BCUT2D eigenvalue weighted by molar-refractivity contribution is 0.318. The van der Waals surface area contributed by atoms with E-state index in [1.165, 1.54) is 18.5 Å². The van der Waals surface area contributed by atoms with Crippen molar-refractivity contribution < 1.29 is 13.6 Å². The molecule has 1 atom stereocenters. The first kappa shape index (κ1) is 16.2. The molecule has 1 unspecified atom stereocenters. The van der Waals surface area contributed by atoms with Gasteiger partial charge in [-0.05, 0) is 6.07 Å². The highest BCUT2D eigenvalue weighted by Gasteiger charge is 2.33. The van der Waals surface area contributed by atoms with Crippen molar-refractivity contribution in [2.45, 2.75) is 5.37 Å². The molecule has 1 aliphatic rings. The quantitative estimate of drug-likeness (QED) is 0.358. The van der Waals surface area contributed by atoms with Crippen LogP contribution in [0, 0.1) is 0 Å². The van der Waals surface area contributed by atoms with Crippen molar-refractivity contribution in [1.82, 2.24) is 4.98 Å². The molecule has 116 valence electrons. The average molecular weight is 351 g/mol. The van der Waals surface area contributed by atoms with E-state index in [2.05, 4.69) is 10.1 Å². The summed E-state index contributed by atoms with van der Waals surface area (Å²) >= 11 is 7.82. The molecule has 0 aromatic carbocycles. The van der Waals surface area contributed by atoms with E-state index in [1.807, 2.05) is 0 Å². The summed E-state index contributed by atoms with van der Waals surface area (Å²) in [5.74, 6) is 1.41. The van der Waals surface area contributed by atoms with Gasteiger partial charge in [-0.3, -0.25) is 0 Å². The van der Waals surface area contributed by atoms with E-state index in [1.54, 1.807) is 16.7 Å². The second kappa shape index (κ2) is 6.29. The van der Waals surface area contributed by atoms with Gasteiger partial charge >= 0.3 is 0 Å². The third kappa shape index (κ3) is 3.35. The van der Waals surface area contributed by atoms with Crippen LogP contribution in [-0.2, 0) is 9.84 Å². The SMILES string of the molecule is CS(=O)(=O)C1CSCCN1c1nccc(/C(N)=N/O)c1Cl. The van der Waals surface area contributed by atoms with Crippen molar-refractivity contribution in [3.05, 3.63) is 22.8 Å². The molecule has 1 aromatic rings. The summed E-state index contributed by atoms with van der Waals surface area (Å²) in [4.78, 5) is 5.83. The largest absolute Gasteiger partial charge is 0.409 e. The normalized spacial score (nSPS) is 20.6. The second-order valence-electron chi connectivity index (χ2n) is 4.53. The lowest BCUT2D eigenvalue weighted by atomic mass is 10.2. The predicted octanol–water partition coefficient (Wildman–Crippen LogP) is 0.753. The van der Waals surface area contributed by atoms with Crippen molar-refractivity contribution in [2.75, 3.05) is 29.2 Å². The second-order valence-corrected chi connectivity index (χ2v) is 8.26. The van der Waals surface area contributed by atoms with Gasteiger partial charge in [-0.15, -0.1) is 0 Å². The molecule has 1 aromatic heterocycles. The smallest absolute Gasteiger partial charge is 0.171 e. The van der Waals surface area contributed by atoms with Crippen molar-refractivity contribution >= 4 is 44.9 Å². The third-order valence-corrected chi connectivity index (χ3v) is 6.12. The molecule has 1 saturated heterocycles. The van der Waals surface area contributed by atoms with Gasteiger partial charge in [-0.1, -0.05) is 16.8 Å². The van der Waals surface area contributed by atoms with Crippen molar-refractivity contribution in [2.24, 2.45) is 10.9 Å². The Bertz CT molecular complexity index is 665. The molecule has 21 heavy (non-hydrogen) atoms. The Morgan fingerprint density at radius 1 is 1.67 bits per heavy atom. The van der Waals surface area contributed by atoms with Crippen LogP contribution in [-0.4, -0.2) is 54.1 Å². The van der Waals surface area contributed by atoms with E-state index in [0.717, 1.165) is 5.75 Å². The molecule has 2 heterocycles. The van der Waals surface area contributed by atoms with Gasteiger partial charge in [0.2, 0.25) is 0 Å². The van der Waals surface area contributed by atoms with E-state index in [0.29, 0.717) is 23.7 Å². The molecule has 0 saturated carbocycles. The number of aromatic nitrogens is 1. The van der Waals surface area contributed by atoms with Crippen LogP contribution in [0.2, 0.25) is 5.02 Å². The van der Waals surface area contributed by atoms with Crippen molar-refractivity contribution in [1.29, 1.82) is 0 Å². The Morgan fingerprint density at radius 3 is 3.00 bits per heavy atom. The summed E-state index contributed by atoms with van der Waals surface area (Å²) in [6.45, 7) is 0.509. The van der Waals surface area contributed by atoms with Crippen LogP contribution < -0.4 is 10.6 Å². The van der Waals surface area contributed by atoms with Gasteiger partial charge in [0.05, 0.1) is 5.02 Å². The number of amidine groups is 1. The van der Waals surface area contributed by atoms with Crippen molar-refractivity contribution in [3.63, 3.8) is 0 Å². The fourth-order valence-corrected chi connectivity index (χ4v) is 5.20. The highest BCUT2D eigenvalue weighted by atomic mass is 35.5. The van der Waals surface area contributed by atoms with Crippen LogP contribution in [0.5, 0.6) is 0 Å². The zero-order chi connectivity index (χ0) is 15.6. The number of pyridine rings is 1. The number of hydrogen-bond acceptors (Lipinski definition) is 7. The van der Waals surface area contributed by atoms with Gasteiger partial charge in [0.15, 0.2) is 15.7 Å². The van der Waals surface area contributed by atoms with E-state index in [9.17, 15) is 8.42 Å². The Kier molecular flexibility index (Phi) is 4.84. The highest BCUT2D eigenvalue weighted by Crippen LogP contribution is 2.32. The Labute approximate surface area is 132 Å². The van der Waals surface area contributed by atoms with Gasteiger partial charge in [0.25, 0.3) is 0 Å². The Balaban J connectivity index is 2.49. The summed E-state index contributed by atoms with van der Waals surface area (Å²) in [6.07, 6.45) is 2.65. The maximum atomic E-state index is 11.9. The number of halogens is 1. The first-order valence-electron chi connectivity index (χ1n) is 6.02. The van der Waals surface area contributed by atoms with E-state index in [4.69, 9.17) is 22.5 Å². The summed E-state index contributed by atoms with van der Waals surface area (Å²) in [6, 6.07) is 1.51. The number of nitrogens with zero attached hydrogens (tertiary/aromatic N) is 3. The fourth-order valence-electron chi connectivity index (χ4n) is 2.06. The molecular weight excluding hydrogens is 336 g/mol. The number of sulfone groups is 1. The van der Waals surface area contributed by atoms with Crippen LogP contribution in [0.25, 0.3) is 0 Å². The lowest BCUT2D eigenvalue weighted by Crippen LogP contribution is -2.47. The molecule has 0 aliphatic carbocycles. The zero-order valence-electron chi connectivity index (χ0n) is 11.2. The summed E-state index contributed by atoms with van der Waals surface area (Å²) in [7, 11) is -3.28. The van der Waals surface area contributed by atoms with Gasteiger partial charge < -0.3 is 15.8 Å². The van der Waals surface area contributed by atoms with Gasteiger partial charge in [-0.2, -0.15) is 11.8 Å². The van der Waals surface area contributed by atoms with Gasteiger partial charge in [0, 0.05) is 36.1 Å². The lowest BCUT2D eigenvalue weighted by Gasteiger charge is -2.35. The number of oxime groups is 1. The van der Waals surface area contributed by atoms with Crippen LogP contribution in [0.3, 0.4) is 0 Å². The van der Waals surface area contributed by atoms with Gasteiger partial charge in [0.1, 0.15) is 11.2 Å². The number of rotatable bonds is 3. The molecule has 0 bridgehead atoms. The zero-order valence-corrected chi connectivity index (χ0v) is 13.6. The molecule has 0 spiro atoms. The number of hydrogen-bond donors (Lipinski definition) is 2. The molecule has 0 amide bonds. The Morgan fingerprint density at radius 2 is 2.38 bits per heavy atom. The predicted molar refractivity (Wildman–Crippen MR) is 85.1 cm³/mol. The van der Waals surface area contributed by atoms with E-state index >= 15 is 0 Å². The molecule has 0 radical (unpaired) electrons. The molecular formula is C11H15ClN4O3S2. The molecule has 2 rings (SSSR count). The fraction of sp³-hybridized carbons (Fsp3) is 0.455. The monoisotopic (exact) mass is 350 g/mol. The molecule has 1 fully saturated rings. The first-order valence-corrected chi connectivity index (χ1v) is 9.50. The van der Waals surface area contributed by atoms with Gasteiger partial charge in [-0.25, -0.2) is 13.4 Å². The first-order chi connectivity index (χ1) is 9.86. The van der Waals surface area contributed by atoms with Crippen LogP contribution >= 0.6 is 23.4 Å². The number of nitrogens with two attached hydrogens (primary N) is 1. The minimum Gasteiger partial charge on any atom is -0.409 e. The number of thioether (sulfide) groups is 1. The summed E-state index contributed by atoms with van der Waals surface area (Å²) in [5, 5.41) is 11.2. The minimum atomic E-state index is -3.28. The van der Waals surface area contributed by atoms with Crippen LogP contribution in [0.15, 0.2) is 17.4 Å². The van der Waals surface area contributed by atoms with Crippen LogP contribution in [0.4, 0.5) is 5.82 Å². The third-order valence-electron chi connectivity index (χ3n) is 3.11. The Hall–Kier alpha value is -1.19. The number of anilines is 1. The standard InChI is InChI=1S/C11H15ClN4O3S2/c1-21(18,19)8-6-20-5-4-16(8)11-9(12)7(2-3-14-11)10(13)15-17/h2-3,8,17H,4-6H2,1H3,(H2,13,15).